The van der Waals surface area contributed by atoms with Gasteiger partial charge in [-0.05, 0) is 24.7 Å². The summed E-state index contributed by atoms with van der Waals surface area (Å²) in [6.07, 6.45) is 8.88. The smallest absolute Gasteiger partial charge is 0.352 e. The number of allylic oxidation sites excluding steroid dienone is 1. The highest BCUT2D eigenvalue weighted by atomic mass is 16.4. The van der Waals surface area contributed by atoms with E-state index in [9.17, 15) is 9.59 Å². The highest BCUT2D eigenvalue weighted by Gasteiger charge is 2.50. The van der Waals surface area contributed by atoms with Crippen LogP contribution in [0.3, 0.4) is 0 Å². The molecular weight excluding hydrogens is 254 g/mol. The van der Waals surface area contributed by atoms with E-state index in [1.807, 2.05) is 13.8 Å². The van der Waals surface area contributed by atoms with Crippen LogP contribution in [0.15, 0.2) is 11.8 Å². The van der Waals surface area contributed by atoms with Gasteiger partial charge in [0.2, 0.25) is 5.91 Å². The molecule has 0 aliphatic heterocycles. The molecule has 4 nitrogen and oxygen atoms in total. The molecule has 2 N–H and O–H groups in total. The lowest BCUT2D eigenvalue weighted by Crippen LogP contribution is -2.29. The molecule has 1 saturated carbocycles. The zero-order valence-corrected chi connectivity index (χ0v) is 12.9. The Labute approximate surface area is 121 Å². The number of nitrogens with one attached hydrogen (secondary N) is 1. The quantitative estimate of drug-likeness (QED) is 0.502. The molecule has 0 heterocycles. The molecule has 1 aliphatic carbocycles. The Bertz CT molecular complexity index is 385. The number of amides is 1. The third-order valence-electron chi connectivity index (χ3n) is 3.97. The number of carbonyl (C=O) groups excluding carboxylic acids is 1. The summed E-state index contributed by atoms with van der Waals surface area (Å²) in [5, 5.41) is 11.7. The second-order valence-electron chi connectivity index (χ2n) is 6.36. The van der Waals surface area contributed by atoms with E-state index >= 15 is 0 Å². The first-order valence-corrected chi connectivity index (χ1v) is 7.63. The van der Waals surface area contributed by atoms with Gasteiger partial charge in [-0.2, -0.15) is 0 Å². The lowest BCUT2D eigenvalue weighted by molar-refractivity contribution is -0.135. The van der Waals surface area contributed by atoms with Crippen molar-refractivity contribution < 1.29 is 14.7 Å². The number of carboxylic acid groups (broad SMARTS) is 1. The molecule has 1 fully saturated rings. The Morgan fingerprint density at radius 3 is 2.35 bits per heavy atom. The van der Waals surface area contributed by atoms with Gasteiger partial charge in [0.25, 0.3) is 0 Å². The van der Waals surface area contributed by atoms with Crippen molar-refractivity contribution in [1.29, 1.82) is 0 Å². The van der Waals surface area contributed by atoms with E-state index in [4.69, 9.17) is 5.11 Å². The third-order valence-corrected chi connectivity index (χ3v) is 3.97. The van der Waals surface area contributed by atoms with Crippen LogP contribution in [-0.2, 0) is 9.59 Å². The minimum atomic E-state index is -1.05. The lowest BCUT2D eigenvalue weighted by Gasteiger charge is -2.07. The van der Waals surface area contributed by atoms with E-state index in [1.54, 1.807) is 6.08 Å². The van der Waals surface area contributed by atoms with Gasteiger partial charge in [-0.15, -0.1) is 0 Å². The van der Waals surface area contributed by atoms with Gasteiger partial charge in [0, 0.05) is 5.92 Å². The van der Waals surface area contributed by atoms with Crippen molar-refractivity contribution in [2.24, 2.45) is 11.3 Å². The Hall–Kier alpha value is -1.32. The Kier molecular flexibility index (Phi) is 6.24. The first-order valence-electron chi connectivity index (χ1n) is 7.63. The maximum absolute atomic E-state index is 11.9. The first kappa shape index (κ1) is 16.7. The number of carbonyl (C=O) groups is 2. The topological polar surface area (TPSA) is 66.4 Å². The minimum absolute atomic E-state index is 0.0217. The van der Waals surface area contributed by atoms with Crippen LogP contribution in [0.1, 0.15) is 65.7 Å². The van der Waals surface area contributed by atoms with E-state index in [0.29, 0.717) is 6.42 Å². The van der Waals surface area contributed by atoms with Gasteiger partial charge in [0.05, 0.1) is 0 Å². The van der Waals surface area contributed by atoms with Crippen molar-refractivity contribution in [3.05, 3.63) is 11.8 Å². The van der Waals surface area contributed by atoms with Crippen molar-refractivity contribution in [3.8, 4) is 0 Å². The Morgan fingerprint density at radius 1 is 1.25 bits per heavy atom. The van der Waals surface area contributed by atoms with E-state index in [2.05, 4.69) is 12.2 Å². The van der Waals surface area contributed by atoms with Crippen LogP contribution < -0.4 is 5.32 Å². The minimum Gasteiger partial charge on any atom is -0.477 e. The molecule has 0 aromatic rings. The monoisotopic (exact) mass is 281 g/mol. The normalized spacial score (nSPS) is 20.6. The zero-order valence-electron chi connectivity index (χ0n) is 12.9. The molecule has 1 rings (SSSR count). The Morgan fingerprint density at radius 2 is 1.85 bits per heavy atom. The Balaban J connectivity index is 2.36. The average Bonchev–Trinajstić information content (AvgIpc) is 3.01. The van der Waals surface area contributed by atoms with Crippen molar-refractivity contribution in [2.75, 3.05) is 0 Å². The van der Waals surface area contributed by atoms with Crippen LogP contribution in [-0.4, -0.2) is 17.0 Å². The van der Waals surface area contributed by atoms with Gasteiger partial charge in [-0.25, -0.2) is 4.79 Å². The highest BCUT2D eigenvalue weighted by Crippen LogP contribution is 2.51. The fourth-order valence-corrected chi connectivity index (χ4v) is 2.32. The zero-order chi connectivity index (χ0) is 15.2. The summed E-state index contributed by atoms with van der Waals surface area (Å²) < 4.78 is 0. The number of hydrogen-bond donors (Lipinski definition) is 2. The van der Waals surface area contributed by atoms with E-state index in [1.165, 1.54) is 19.3 Å². The van der Waals surface area contributed by atoms with Crippen LogP contribution >= 0.6 is 0 Å². The number of unbranched alkanes of at least 4 members (excludes halogenated alkanes) is 5. The second-order valence-corrected chi connectivity index (χ2v) is 6.36. The molecule has 1 atom stereocenters. The molecule has 0 radical (unpaired) electrons. The molecule has 0 aromatic heterocycles. The molecule has 114 valence electrons. The van der Waals surface area contributed by atoms with Gasteiger partial charge in [0.1, 0.15) is 5.70 Å². The van der Waals surface area contributed by atoms with Crippen LogP contribution in [0.4, 0.5) is 0 Å². The summed E-state index contributed by atoms with van der Waals surface area (Å²) in [6, 6.07) is 0. The number of rotatable bonds is 9. The molecule has 1 aliphatic rings. The van der Waals surface area contributed by atoms with Gasteiger partial charge in [0.15, 0.2) is 0 Å². The van der Waals surface area contributed by atoms with E-state index in [0.717, 1.165) is 19.3 Å². The van der Waals surface area contributed by atoms with Crippen LogP contribution in [0, 0.1) is 11.3 Å². The maximum Gasteiger partial charge on any atom is 0.352 e. The standard InChI is InChI=1S/C16H27NO3/c1-4-5-6-7-8-9-10-13(15(19)20)17-14(18)12-11-16(12,2)3/h10,12H,4-9,11H2,1-3H3,(H,17,18)(H,19,20). The summed E-state index contributed by atoms with van der Waals surface area (Å²) in [7, 11) is 0. The molecular formula is C16H27NO3. The number of carboxylic acids is 1. The van der Waals surface area contributed by atoms with Gasteiger partial charge in [-0.1, -0.05) is 52.5 Å². The lowest BCUT2D eigenvalue weighted by atomic mass is 10.1. The molecule has 20 heavy (non-hydrogen) atoms. The molecule has 0 saturated heterocycles. The first-order chi connectivity index (χ1) is 9.38. The van der Waals surface area contributed by atoms with E-state index in [-0.39, 0.29) is 22.9 Å². The summed E-state index contributed by atoms with van der Waals surface area (Å²) in [5.74, 6) is -1.25. The predicted molar refractivity (Wildman–Crippen MR) is 79.1 cm³/mol. The third kappa shape index (κ3) is 5.35. The number of aliphatic carboxylic acids is 1. The molecule has 0 spiro atoms. The molecule has 0 bridgehead atoms. The second kappa shape index (κ2) is 7.46. The summed E-state index contributed by atoms with van der Waals surface area (Å²) in [6.45, 7) is 6.21. The molecule has 0 aromatic carbocycles. The van der Waals surface area contributed by atoms with E-state index < -0.39 is 5.97 Å². The van der Waals surface area contributed by atoms with Gasteiger partial charge >= 0.3 is 5.97 Å². The SMILES string of the molecule is CCCCCCCC=C(NC(=O)C1CC1(C)C)C(=O)O. The van der Waals surface area contributed by atoms with Gasteiger partial charge < -0.3 is 10.4 Å². The predicted octanol–water partition coefficient (Wildman–Crippen LogP) is 3.48. The highest BCUT2D eigenvalue weighted by molar-refractivity contribution is 5.94. The largest absolute Gasteiger partial charge is 0.477 e. The summed E-state index contributed by atoms with van der Waals surface area (Å²) >= 11 is 0. The van der Waals surface area contributed by atoms with Crippen molar-refractivity contribution >= 4 is 11.9 Å². The molecule has 1 unspecified atom stereocenters. The fourth-order valence-electron chi connectivity index (χ4n) is 2.32. The van der Waals surface area contributed by atoms with Crippen molar-refractivity contribution in [3.63, 3.8) is 0 Å². The van der Waals surface area contributed by atoms with Crippen LogP contribution in [0.5, 0.6) is 0 Å². The number of hydrogen-bond acceptors (Lipinski definition) is 2. The summed E-state index contributed by atoms with van der Waals surface area (Å²) in [4.78, 5) is 23.0. The fraction of sp³-hybridized carbons (Fsp3) is 0.750. The molecule has 4 heteroatoms. The van der Waals surface area contributed by atoms with Gasteiger partial charge in [-0.3, -0.25) is 4.79 Å². The average molecular weight is 281 g/mol. The van der Waals surface area contributed by atoms with Crippen LogP contribution in [0.25, 0.3) is 0 Å². The maximum atomic E-state index is 11.9. The van der Waals surface area contributed by atoms with Crippen LogP contribution in [0.2, 0.25) is 0 Å². The summed E-state index contributed by atoms with van der Waals surface area (Å²) in [5.41, 5.74) is 0.0570. The molecule has 1 amide bonds. The van der Waals surface area contributed by atoms with Crippen molar-refractivity contribution in [1.82, 2.24) is 5.32 Å². The van der Waals surface area contributed by atoms with Crippen molar-refractivity contribution in [2.45, 2.75) is 65.7 Å².